The van der Waals surface area contributed by atoms with Crippen LogP contribution in [0.4, 0.5) is 0 Å². The molecule has 1 rings (SSSR count). The van der Waals surface area contributed by atoms with E-state index in [4.69, 9.17) is 0 Å². The molecule has 0 aromatic rings. The molecule has 2 heteroatoms. The van der Waals surface area contributed by atoms with Crippen molar-refractivity contribution in [2.45, 2.75) is 54.4 Å². The van der Waals surface area contributed by atoms with Crippen LogP contribution in [0.5, 0.6) is 0 Å². The molecule has 0 atom stereocenters. The van der Waals surface area contributed by atoms with Crippen molar-refractivity contribution < 1.29 is 0 Å². The third-order valence-electron chi connectivity index (χ3n) is 2.69. The summed E-state index contributed by atoms with van der Waals surface area (Å²) in [5, 5.41) is 0. The molecule has 0 bridgehead atoms. The molecule has 1 aliphatic heterocycles. The number of allylic oxidation sites excluding steroid dienone is 3. The van der Waals surface area contributed by atoms with Gasteiger partial charge in [0.25, 0.3) is 0 Å². The molecule has 0 radical (unpaired) electrons. The van der Waals surface area contributed by atoms with Gasteiger partial charge in [0.2, 0.25) is 0 Å². The van der Waals surface area contributed by atoms with Gasteiger partial charge in [-0.25, -0.2) is 0 Å². The van der Waals surface area contributed by atoms with Crippen molar-refractivity contribution in [2.75, 3.05) is 6.54 Å². The van der Waals surface area contributed by atoms with Crippen molar-refractivity contribution in [3.8, 4) is 0 Å². The molecular weight excluding hydrogens is 238 g/mol. The van der Waals surface area contributed by atoms with Crippen LogP contribution < -0.4 is 0 Å². The zero-order valence-electron chi connectivity index (χ0n) is 12.9. The van der Waals surface area contributed by atoms with Crippen LogP contribution in [0.15, 0.2) is 22.8 Å². The van der Waals surface area contributed by atoms with E-state index in [1.54, 1.807) is 0 Å². The summed E-state index contributed by atoms with van der Waals surface area (Å²) in [6.45, 7) is 14.9. The summed E-state index contributed by atoms with van der Waals surface area (Å²) in [6.07, 6.45) is 7.17. The Bertz CT molecular complexity index is 313. The minimum absolute atomic E-state index is 0.715. The van der Waals surface area contributed by atoms with Crippen molar-refractivity contribution in [1.82, 2.24) is 4.31 Å². The van der Waals surface area contributed by atoms with Gasteiger partial charge in [-0.1, -0.05) is 41.5 Å². The number of hydrogen-bond donors (Lipinski definition) is 0. The summed E-state index contributed by atoms with van der Waals surface area (Å²) in [4.78, 5) is 1.53. The largest absolute Gasteiger partial charge is 0.319 e. The molecule has 0 aromatic heterocycles. The Kier molecular flexibility index (Phi) is 6.34. The first kappa shape index (κ1) is 15.7. The van der Waals surface area contributed by atoms with Gasteiger partial charge in [-0.2, -0.15) is 0 Å². The van der Waals surface area contributed by atoms with Crippen molar-refractivity contribution in [3.63, 3.8) is 0 Å². The Balaban J connectivity index is 2.74. The van der Waals surface area contributed by atoms with Crippen molar-refractivity contribution in [2.24, 2.45) is 17.8 Å². The first-order valence-corrected chi connectivity index (χ1v) is 8.00. The van der Waals surface area contributed by atoms with Gasteiger partial charge < -0.3 is 4.31 Å². The molecule has 0 saturated carbocycles. The predicted molar refractivity (Wildman–Crippen MR) is 84.2 cm³/mol. The van der Waals surface area contributed by atoms with Crippen molar-refractivity contribution in [1.29, 1.82) is 0 Å². The lowest BCUT2D eigenvalue weighted by molar-refractivity contribution is 0.489. The Morgan fingerprint density at radius 3 is 2.06 bits per heavy atom. The maximum Gasteiger partial charge on any atom is 0.0315 e. The molecular formula is C16H29NS. The smallest absolute Gasteiger partial charge is 0.0315 e. The molecule has 0 aromatic carbocycles. The van der Waals surface area contributed by atoms with Crippen LogP contribution in [0.3, 0.4) is 0 Å². The summed E-state index contributed by atoms with van der Waals surface area (Å²) >= 11 is 1.94. The van der Waals surface area contributed by atoms with Crippen LogP contribution in [0.25, 0.3) is 0 Å². The Morgan fingerprint density at radius 2 is 1.56 bits per heavy atom. The molecule has 0 fully saturated rings. The highest BCUT2D eigenvalue weighted by Crippen LogP contribution is 2.35. The van der Waals surface area contributed by atoms with E-state index in [1.165, 1.54) is 23.3 Å². The quantitative estimate of drug-likeness (QED) is 0.587. The summed E-state index contributed by atoms with van der Waals surface area (Å²) in [5.41, 5.74) is 1.50. The minimum Gasteiger partial charge on any atom is -0.319 e. The molecule has 1 heterocycles. The SMILES string of the molecule is CC(C)CC1=CN(CC(C)C)SC(CC(C)C)=C1. The van der Waals surface area contributed by atoms with E-state index in [0.717, 1.165) is 18.4 Å². The maximum atomic E-state index is 2.43. The van der Waals surface area contributed by atoms with E-state index in [0.29, 0.717) is 5.92 Å². The Hall–Kier alpha value is -0.370. The summed E-state index contributed by atoms with van der Waals surface area (Å²) < 4.78 is 2.43. The van der Waals surface area contributed by atoms with Gasteiger partial charge in [0.15, 0.2) is 0 Å². The van der Waals surface area contributed by atoms with Gasteiger partial charge in [0.1, 0.15) is 0 Å². The van der Waals surface area contributed by atoms with Gasteiger partial charge >= 0.3 is 0 Å². The number of rotatable bonds is 6. The van der Waals surface area contributed by atoms with Gasteiger partial charge in [0, 0.05) is 17.6 Å². The van der Waals surface area contributed by atoms with Crippen LogP contribution in [0, 0.1) is 17.8 Å². The molecule has 18 heavy (non-hydrogen) atoms. The topological polar surface area (TPSA) is 3.24 Å². The van der Waals surface area contributed by atoms with E-state index >= 15 is 0 Å². The average Bonchev–Trinajstić information content (AvgIpc) is 2.12. The molecule has 104 valence electrons. The van der Waals surface area contributed by atoms with E-state index in [-0.39, 0.29) is 0 Å². The second-order valence-corrected chi connectivity index (χ2v) is 7.77. The van der Waals surface area contributed by atoms with E-state index < -0.39 is 0 Å². The van der Waals surface area contributed by atoms with Gasteiger partial charge in [0.05, 0.1) is 0 Å². The highest BCUT2D eigenvalue weighted by Gasteiger charge is 2.15. The van der Waals surface area contributed by atoms with Crippen molar-refractivity contribution >= 4 is 11.9 Å². The Morgan fingerprint density at radius 1 is 0.944 bits per heavy atom. The third kappa shape index (κ3) is 5.99. The first-order chi connectivity index (χ1) is 8.36. The third-order valence-corrected chi connectivity index (χ3v) is 3.70. The molecule has 1 nitrogen and oxygen atoms in total. The Labute approximate surface area is 118 Å². The van der Waals surface area contributed by atoms with Crippen LogP contribution in [-0.2, 0) is 0 Å². The summed E-state index contributed by atoms with van der Waals surface area (Å²) in [7, 11) is 0. The number of hydrogen-bond acceptors (Lipinski definition) is 2. The molecule has 0 unspecified atom stereocenters. The average molecular weight is 267 g/mol. The predicted octanol–water partition coefficient (Wildman–Crippen LogP) is 5.47. The lowest BCUT2D eigenvalue weighted by Gasteiger charge is -2.28. The first-order valence-electron chi connectivity index (χ1n) is 7.22. The fraction of sp³-hybridized carbons (Fsp3) is 0.750. The second-order valence-electron chi connectivity index (χ2n) is 6.60. The van der Waals surface area contributed by atoms with Gasteiger partial charge in [-0.3, -0.25) is 0 Å². The van der Waals surface area contributed by atoms with E-state index in [2.05, 4.69) is 58.1 Å². The molecule has 0 amide bonds. The molecule has 0 N–H and O–H groups in total. The lowest BCUT2D eigenvalue weighted by Crippen LogP contribution is -2.18. The fourth-order valence-corrected chi connectivity index (χ4v) is 3.64. The second kappa shape index (κ2) is 7.28. The van der Waals surface area contributed by atoms with Gasteiger partial charge in [-0.05, 0) is 54.2 Å². The zero-order chi connectivity index (χ0) is 13.7. The summed E-state index contributed by atoms with van der Waals surface area (Å²) in [5.74, 6) is 2.19. The van der Waals surface area contributed by atoms with Gasteiger partial charge in [-0.15, -0.1) is 0 Å². The summed E-state index contributed by atoms with van der Waals surface area (Å²) in [6, 6.07) is 0. The molecule has 0 aliphatic carbocycles. The molecule has 0 saturated heterocycles. The number of nitrogens with zero attached hydrogens (tertiary/aromatic N) is 1. The van der Waals surface area contributed by atoms with Crippen LogP contribution in [-0.4, -0.2) is 10.8 Å². The minimum atomic E-state index is 0.715. The zero-order valence-corrected chi connectivity index (χ0v) is 13.7. The highest BCUT2D eigenvalue weighted by atomic mass is 32.2. The maximum absolute atomic E-state index is 2.43. The van der Waals surface area contributed by atoms with Crippen LogP contribution in [0.1, 0.15) is 54.4 Å². The standard InChI is InChI=1S/C16H29NS/c1-12(2)7-15-9-16(8-13(3)4)18-17(11-15)10-14(5)6/h9,11-14H,7-8,10H2,1-6H3. The van der Waals surface area contributed by atoms with Crippen molar-refractivity contribution in [3.05, 3.63) is 22.8 Å². The fourth-order valence-electron chi connectivity index (χ4n) is 2.16. The lowest BCUT2D eigenvalue weighted by atomic mass is 10.0. The van der Waals surface area contributed by atoms with Crippen LogP contribution >= 0.6 is 11.9 Å². The van der Waals surface area contributed by atoms with Crippen LogP contribution in [0.2, 0.25) is 0 Å². The highest BCUT2D eigenvalue weighted by molar-refractivity contribution is 8.01. The molecule has 0 spiro atoms. The monoisotopic (exact) mass is 267 g/mol. The normalized spacial score (nSPS) is 16.6. The van der Waals surface area contributed by atoms with E-state index in [1.807, 2.05) is 11.9 Å². The van der Waals surface area contributed by atoms with E-state index in [9.17, 15) is 0 Å². The molecule has 1 aliphatic rings.